The van der Waals surface area contributed by atoms with Gasteiger partial charge in [-0.25, -0.2) is 97.3 Å². The van der Waals surface area contributed by atoms with E-state index in [4.69, 9.17) is 126 Å². The molecule has 1 unspecified atom stereocenters. The van der Waals surface area contributed by atoms with Gasteiger partial charge < -0.3 is 103 Å². The van der Waals surface area contributed by atoms with E-state index in [1.165, 1.54) is 10.9 Å². The molecule has 4 aliphatic rings. The van der Waals surface area contributed by atoms with Gasteiger partial charge in [-0.05, 0) is 50.0 Å². The number of aromatic nitrogens is 9. The molecule has 0 saturated carbocycles. The topological polar surface area (TPSA) is 931 Å². The Kier molecular flexibility index (Phi) is 76.3. The van der Waals surface area contributed by atoms with Gasteiger partial charge in [-0.1, -0.05) is 21.7 Å². The molecule has 84 heteroatoms. The summed E-state index contributed by atoms with van der Waals surface area (Å²) in [5, 5.41) is 21.2. The molecule has 60 nitrogen and oxygen atoms in total. The Bertz CT molecular complexity index is 4690. The van der Waals surface area contributed by atoms with Crippen LogP contribution in [-0.2, 0) is 216 Å². The van der Waals surface area contributed by atoms with Crippen molar-refractivity contribution in [3.8, 4) is 0 Å². The van der Waals surface area contributed by atoms with E-state index in [0.717, 1.165) is 41.0 Å². The van der Waals surface area contributed by atoms with Crippen molar-refractivity contribution in [1.29, 1.82) is 0 Å². The van der Waals surface area contributed by atoms with E-state index in [0.29, 0.717) is 12.3 Å². The van der Waals surface area contributed by atoms with Crippen molar-refractivity contribution in [2.45, 2.75) is 150 Å². The Morgan fingerprint density at radius 1 is 0.450 bits per heavy atom. The van der Waals surface area contributed by atoms with Crippen molar-refractivity contribution in [2.24, 2.45) is 0 Å². The molecule has 0 spiro atoms. The molecular formula is C36H48Cl2N9Na11O51S11-4. The maximum absolute atomic E-state index is 12.0. The Morgan fingerprint density at radius 2 is 0.783 bits per heavy atom. The van der Waals surface area contributed by atoms with E-state index in [1.54, 1.807) is 6.92 Å². The minimum Gasteiger partial charge on any atom is -0.726 e. The Morgan fingerprint density at radius 3 is 1.18 bits per heavy atom. The van der Waals surface area contributed by atoms with E-state index in [9.17, 15) is 90.8 Å². The standard InChI is InChI=1S/C36H51Cl2N9O35S7.11Na.4H2O4S/c1-3-69-14-20-10-45(42-40-20)12-23-6-26(77-84(51,52)53)32(81-88(63,64)65)35(74-23)71-17-47-9-19(39-44-47)4-22-5-25(76-83(48,49)50)31(80-87(60,61)62)34(73-22)70-15-21-11-46(43-41-21)13-24-7-28(78-85(54,55)56)36(16-37,75-24)8-27-30(79-86(57,58)59)33(82-89(66,67)68)29(38)18(2)72-27;;;;;;;;;;;;4*1-5(2,3)4/h5-7,9-11,18,22-35H,2-4,8,12-17H2,1H3,(H,48,49,50)(H,51,52,53)(H,54,55,56)(H,57,58,59)(H,60,61,62)(H,63,64,65)(H,66,67,68);;;;;;;;;;;;4*(H2,1,2,3,4)/q-4;11*+1;;;;/p-11/t18-,22-,23-,24+,25+,26-,27?,28+,29+,30-,31+,32-,33+,34-,35+,36-;;;;;;;;;;;;;;;/m0.............../s1. The molecule has 16 atom stereocenters. The van der Waals surface area contributed by atoms with E-state index < -0.39 is 250 Å². The fourth-order valence-electron chi connectivity index (χ4n) is 8.96. The van der Waals surface area contributed by atoms with Crippen molar-refractivity contribution in [2.75, 3.05) is 12.5 Å². The first-order chi connectivity index (χ1) is 49.0. The van der Waals surface area contributed by atoms with Gasteiger partial charge in [0.1, 0.15) is 42.5 Å². The third kappa shape index (κ3) is 66.7. The van der Waals surface area contributed by atoms with Crippen LogP contribution in [0.25, 0.3) is 0 Å². The van der Waals surface area contributed by atoms with Crippen molar-refractivity contribution in [3.05, 3.63) is 61.9 Å². The molecule has 0 radical (unpaired) electrons. The average Bonchev–Trinajstić information content (AvgIpc) is 1.54. The molecule has 7 rings (SSSR count). The molecule has 3 aromatic rings. The van der Waals surface area contributed by atoms with Crippen LogP contribution in [0, 0.1) is 26.2 Å². The summed E-state index contributed by atoms with van der Waals surface area (Å²) in [6, 6.07) is 0. The van der Waals surface area contributed by atoms with Gasteiger partial charge in [0.25, 0.3) is 0 Å². The molecule has 4 N–H and O–H groups in total. The van der Waals surface area contributed by atoms with Gasteiger partial charge in [0.15, 0.2) is 12.6 Å². The summed E-state index contributed by atoms with van der Waals surface area (Å²) < 4.78 is 454. The van der Waals surface area contributed by atoms with E-state index in [-0.39, 0.29) is 350 Å². The van der Waals surface area contributed by atoms with Crippen LogP contribution >= 0.6 is 23.2 Å². The SMILES string of the molecule is O=S(=O)([O-])O.O=S(=O)([O-])O.O=S(=O)([O-])O.O=S(=O)([O-])O.[CH2-][C@@H]1OC(C[C@@]2(CCl)O[C@@H](Cn3cc(CO[C@H]4O[C@@H](Cc5cn(CO[C@@H]6O[C@H](Cn7cc(COCC)nn7)[CH-][C@H](OS(=O)(=O)[O-])[C@@H]6OS(=O)(=O)[O-])nn5)[CH-][C@@H](OS(=O)(=O)[O-])[C@H]4OS(=O)(=O)[O-])nn3)[CH-][C@H]2OS(=O)(=O)[O-])[C@H](OS(=O)(=O)[O-])[C@H](OS(=O)(=O)[O-])[C@@H]1Cl.[Na+].[Na+].[Na+].[Na+].[Na+].[Na+].[Na+].[Na+].[Na+].[Na+].[Na+]. The van der Waals surface area contributed by atoms with Crippen LogP contribution in [0.3, 0.4) is 0 Å². The number of halogens is 2. The third-order valence-corrected chi connectivity index (χ3v) is 16.3. The number of alkyl halides is 2. The van der Waals surface area contributed by atoms with Crippen LogP contribution in [0.1, 0.15) is 30.4 Å². The van der Waals surface area contributed by atoms with Crippen LogP contribution in [0.4, 0.5) is 0 Å². The average molecular weight is 2100 g/mol. The molecule has 3 aromatic heterocycles. The molecule has 0 aromatic carbocycles. The second-order valence-electron chi connectivity index (χ2n) is 20.4. The molecule has 4 fully saturated rings. The normalized spacial score (nSPS) is 25.1. The van der Waals surface area contributed by atoms with E-state index in [2.05, 4.69) is 67.1 Å². The molecule has 0 amide bonds. The minimum absolute atomic E-state index is 0. The molecule has 4 saturated heterocycles. The fraction of sp³-hybridized carbons (Fsp3) is 0.722. The van der Waals surface area contributed by atoms with Crippen molar-refractivity contribution < 1.29 is 548 Å². The quantitative estimate of drug-likeness (QED) is 0.0148. The largest absolute Gasteiger partial charge is 1.00 e. The number of ether oxygens (including phenoxy) is 7. The first kappa shape index (κ1) is 145. The Labute approximate surface area is 938 Å². The summed E-state index contributed by atoms with van der Waals surface area (Å²) in [4.78, 5) is 0. The zero-order valence-electron chi connectivity index (χ0n) is 63.4. The first-order valence-corrected chi connectivity index (χ1v) is 42.7. The molecule has 4 aliphatic heterocycles. The summed E-state index contributed by atoms with van der Waals surface area (Å²) >= 11 is 12.4. The van der Waals surface area contributed by atoms with Crippen LogP contribution < -0.4 is 325 Å². The molecular weight excluding hydrogens is 2050 g/mol. The summed E-state index contributed by atoms with van der Waals surface area (Å²) in [5.74, 6) is -0.896. The zero-order valence-corrected chi connectivity index (χ0v) is 95.9. The maximum atomic E-state index is 12.0. The Hall–Kier alpha value is 7.29. The second-order valence-corrected chi connectivity index (χ2v) is 31.6. The molecule has 0 aliphatic carbocycles. The predicted molar refractivity (Wildman–Crippen MR) is 313 cm³/mol. The molecule has 0 bridgehead atoms. The van der Waals surface area contributed by atoms with Gasteiger partial charge >= 0.3 is 325 Å². The van der Waals surface area contributed by atoms with Crippen molar-refractivity contribution in [1.82, 2.24) is 45.0 Å². The van der Waals surface area contributed by atoms with Gasteiger partial charge in [-0.2, -0.15) is 0 Å². The van der Waals surface area contributed by atoms with Gasteiger partial charge in [0.05, 0.1) is 60.5 Å². The first-order valence-electron chi connectivity index (χ1n) is 26.9. The number of hydrogen-bond acceptors (Lipinski definition) is 53. The van der Waals surface area contributed by atoms with Crippen LogP contribution in [0.15, 0.2) is 18.6 Å². The zero-order chi connectivity index (χ0) is 83.9. The Balaban J connectivity index is -0.000000508. The molecule has 638 valence electrons. The summed E-state index contributed by atoms with van der Waals surface area (Å²) in [7, 11) is -60.0. The van der Waals surface area contributed by atoms with Gasteiger partial charge in [-0.15, -0.1) is 38.5 Å². The van der Waals surface area contributed by atoms with Crippen LogP contribution in [0.2, 0.25) is 0 Å². The monoisotopic (exact) mass is 2100 g/mol. The summed E-state index contributed by atoms with van der Waals surface area (Å²) in [6.07, 6.45) is -23.9. The van der Waals surface area contributed by atoms with Gasteiger partial charge in [-0.3, -0.25) is 63.6 Å². The van der Waals surface area contributed by atoms with E-state index >= 15 is 0 Å². The van der Waals surface area contributed by atoms with Gasteiger partial charge in [0.2, 0.25) is 114 Å². The second kappa shape index (κ2) is 63.1. The maximum Gasteiger partial charge on any atom is 1.00 e. The summed E-state index contributed by atoms with van der Waals surface area (Å²) in [5.41, 5.74) is -2.43. The van der Waals surface area contributed by atoms with E-state index in [1.807, 2.05) is 0 Å². The van der Waals surface area contributed by atoms with Gasteiger partial charge in [0, 0.05) is 26.1 Å². The minimum atomic E-state index is -5.86. The number of rotatable bonds is 32. The molecule has 120 heavy (non-hydrogen) atoms. The van der Waals surface area contributed by atoms with Crippen LogP contribution in [0.5, 0.6) is 0 Å². The smallest absolute Gasteiger partial charge is 0.726 e. The number of hydrogen-bond donors (Lipinski definition) is 4. The van der Waals surface area contributed by atoms with Crippen LogP contribution in [-0.4, -0.2) is 315 Å². The summed E-state index contributed by atoms with van der Waals surface area (Å²) in [6.45, 7) is 2.96. The molecule has 7 heterocycles. The number of nitrogens with zero attached hydrogens (tertiary/aromatic N) is 9. The van der Waals surface area contributed by atoms with Crippen molar-refractivity contribution in [3.63, 3.8) is 0 Å². The predicted octanol–water partition coefficient (Wildman–Crippen LogP) is -43.6. The third-order valence-electron chi connectivity index (χ3n) is 12.1. The fourth-order valence-corrected chi connectivity index (χ4v) is 12.9. The van der Waals surface area contributed by atoms with Crippen molar-refractivity contribution >= 4 is 138 Å².